The summed E-state index contributed by atoms with van der Waals surface area (Å²) in [6, 6.07) is 0. The number of thiol groups is 1. The van der Waals surface area contributed by atoms with Gasteiger partial charge in [-0.15, -0.1) is 0 Å². The average Bonchev–Trinajstić information content (AvgIpc) is 2.82. The van der Waals surface area contributed by atoms with Gasteiger partial charge in [0.15, 0.2) is 0 Å². The van der Waals surface area contributed by atoms with Gasteiger partial charge in [0.2, 0.25) is 0 Å². The molecule has 0 aromatic rings. The Balaban J connectivity index is -0.0000000751. The van der Waals surface area contributed by atoms with E-state index in [4.69, 9.17) is 30.6 Å². The normalized spacial score (nSPS) is 12.4. The molecule has 252 valence electrons. The minimum absolute atomic E-state index is 0. The first-order chi connectivity index (χ1) is 17.2. The molecule has 0 radical (unpaired) electrons. The summed E-state index contributed by atoms with van der Waals surface area (Å²) in [5.41, 5.74) is 0. The van der Waals surface area contributed by atoms with E-state index in [1.807, 2.05) is 0 Å². The van der Waals surface area contributed by atoms with Crippen LogP contribution in [0.5, 0.6) is 0 Å². The monoisotopic (exact) mass is 802 g/mol. The predicted molar refractivity (Wildman–Crippen MR) is 181 cm³/mol. The standard InChI is InChI=1S/C12H26O4S4.C3H8O2S.CH4O6S4.3CH4.2Na/c13-7-11(15)9-19-17-5-3-1-2-4-6-18-20-10-12(16)8-14;4-1-3(5)2-6;2-10(3,4)8-1-9-11(5,6)7;;;;;/h11-16H,1-10H2;3-6H,1-2H2;1H2,(H,2,3,4)(H,5,6,7);3*1H4;;/q;;;;;;2*+1/p-2. The first kappa shape index (κ1) is 64.5. The van der Waals surface area contributed by atoms with E-state index in [0.29, 0.717) is 17.3 Å². The van der Waals surface area contributed by atoms with Crippen LogP contribution in [0.1, 0.15) is 48.0 Å². The van der Waals surface area contributed by atoms with E-state index < -0.39 is 41.7 Å². The molecule has 0 aromatic heterocycles. The molecule has 0 saturated heterocycles. The molecule has 0 rings (SSSR count). The van der Waals surface area contributed by atoms with Gasteiger partial charge >= 0.3 is 59.1 Å². The van der Waals surface area contributed by atoms with Gasteiger partial charge in [0.05, 0.1) is 43.2 Å². The maximum absolute atomic E-state index is 9.81. The van der Waals surface area contributed by atoms with Gasteiger partial charge in [0, 0.05) is 28.8 Å². The van der Waals surface area contributed by atoms with Crippen LogP contribution < -0.4 is 59.1 Å². The Morgan fingerprint density at radius 3 is 1.12 bits per heavy atom. The van der Waals surface area contributed by atoms with Crippen molar-refractivity contribution in [1.82, 2.24) is 0 Å². The Morgan fingerprint density at radius 2 is 0.905 bits per heavy atom. The zero-order valence-electron chi connectivity index (χ0n) is 21.8. The summed E-state index contributed by atoms with van der Waals surface area (Å²) >= 11 is 3.69. The van der Waals surface area contributed by atoms with Gasteiger partial charge in [-0.2, -0.15) is 12.6 Å². The van der Waals surface area contributed by atoms with Crippen molar-refractivity contribution < 1.29 is 116 Å². The van der Waals surface area contributed by atoms with E-state index >= 15 is 0 Å². The molecule has 42 heavy (non-hydrogen) atoms. The average molecular weight is 803 g/mol. The van der Waals surface area contributed by atoms with Gasteiger partial charge in [0.1, 0.15) is 18.3 Å². The molecule has 0 aliphatic carbocycles. The maximum Gasteiger partial charge on any atom is 1.00 e. The third-order valence-corrected chi connectivity index (χ3v) is 13.5. The van der Waals surface area contributed by atoms with E-state index in [1.165, 1.54) is 25.7 Å². The van der Waals surface area contributed by atoms with Gasteiger partial charge < -0.3 is 39.7 Å². The SMILES string of the molecule is C.C.C.O=S(=O)([O-])SCSS(=O)(=O)[O-].OCC(O)CS.OCC(O)CSSCCCCCCSSCC(O)CO.[Na+].[Na+]. The summed E-state index contributed by atoms with van der Waals surface area (Å²) in [6.45, 7) is -0.499. The molecule has 0 aliphatic heterocycles. The first-order valence-electron chi connectivity index (χ1n) is 10.4. The van der Waals surface area contributed by atoms with Crippen molar-refractivity contribution >= 4 is 95.7 Å². The Morgan fingerprint density at radius 1 is 0.595 bits per heavy atom. The molecule has 0 saturated carbocycles. The largest absolute Gasteiger partial charge is 1.00 e. The Labute approximate surface area is 327 Å². The van der Waals surface area contributed by atoms with Gasteiger partial charge in [-0.05, 0) is 34.4 Å². The summed E-state index contributed by atoms with van der Waals surface area (Å²) in [7, 11) is -2.53. The van der Waals surface area contributed by atoms with Crippen LogP contribution >= 0.6 is 77.4 Å². The summed E-state index contributed by atoms with van der Waals surface area (Å²) in [4.78, 5) is 0. The number of unbranched alkanes of at least 4 members (excludes halogenated alkanes) is 3. The number of aliphatic hydroxyl groups excluding tert-OH is 6. The van der Waals surface area contributed by atoms with Crippen molar-refractivity contribution in [3.63, 3.8) is 0 Å². The van der Waals surface area contributed by atoms with E-state index in [1.54, 1.807) is 43.2 Å². The second-order valence-electron chi connectivity index (χ2n) is 6.49. The molecule has 0 spiro atoms. The van der Waals surface area contributed by atoms with E-state index in [0.717, 1.165) is 11.5 Å². The van der Waals surface area contributed by atoms with Gasteiger partial charge in [-0.25, -0.2) is 16.8 Å². The van der Waals surface area contributed by atoms with Crippen molar-refractivity contribution in [2.24, 2.45) is 0 Å². The van der Waals surface area contributed by atoms with Crippen molar-refractivity contribution in [3.8, 4) is 0 Å². The first-order valence-corrected chi connectivity index (χ1v) is 21.8. The Kier molecular flexibility index (Phi) is 69.2. The van der Waals surface area contributed by atoms with Crippen LogP contribution in [-0.2, 0) is 18.3 Å². The number of aliphatic hydroxyl groups is 6. The predicted octanol–water partition coefficient (Wildman–Crippen LogP) is -3.47. The third kappa shape index (κ3) is 66.4. The Bertz CT molecular complexity index is 644. The topological polar surface area (TPSA) is 236 Å². The summed E-state index contributed by atoms with van der Waals surface area (Å²) < 4.78 is 58.9. The fourth-order valence-corrected chi connectivity index (χ4v) is 10.6. The second-order valence-corrected chi connectivity index (χ2v) is 19.0. The van der Waals surface area contributed by atoms with E-state index in [2.05, 4.69) is 12.6 Å². The fourth-order valence-electron chi connectivity index (χ4n) is 1.35. The summed E-state index contributed by atoms with van der Waals surface area (Å²) in [5, 5.41) is 51.3. The summed E-state index contributed by atoms with van der Waals surface area (Å²) in [5.74, 6) is 3.70. The van der Waals surface area contributed by atoms with Crippen LogP contribution in [-0.4, -0.2) is 129 Å². The third-order valence-electron chi connectivity index (χ3n) is 3.12. The molecule has 0 fully saturated rings. The van der Waals surface area contributed by atoms with Crippen LogP contribution in [0.2, 0.25) is 0 Å². The molecule has 12 nitrogen and oxygen atoms in total. The van der Waals surface area contributed by atoms with E-state index in [9.17, 15) is 25.9 Å². The molecule has 0 aliphatic rings. The Hall–Kier alpha value is 4.03. The summed E-state index contributed by atoms with van der Waals surface area (Å²) in [6.07, 6.45) is 2.99. The minimum atomic E-state index is -4.50. The molecule has 0 aromatic carbocycles. The van der Waals surface area contributed by atoms with Crippen molar-refractivity contribution in [2.75, 3.05) is 53.7 Å². The zero-order chi connectivity index (χ0) is 29.2. The quantitative estimate of drug-likeness (QED) is 0.0149. The smallest absolute Gasteiger partial charge is 0.739 e. The maximum atomic E-state index is 9.81. The number of rotatable bonds is 21. The molecular weight excluding hydrogens is 755 g/mol. The number of hydrogen-bond acceptors (Lipinski definition) is 19. The molecule has 3 unspecified atom stereocenters. The van der Waals surface area contributed by atoms with Crippen LogP contribution in [0, 0.1) is 0 Å². The molecular formula is C19H48Na2O12S9. The van der Waals surface area contributed by atoms with Gasteiger partial charge in [0.25, 0.3) is 0 Å². The molecule has 6 N–H and O–H groups in total. The van der Waals surface area contributed by atoms with Crippen LogP contribution in [0.15, 0.2) is 0 Å². The van der Waals surface area contributed by atoms with Crippen LogP contribution in [0.3, 0.4) is 0 Å². The molecule has 0 heterocycles. The van der Waals surface area contributed by atoms with E-state index in [-0.39, 0.29) is 123 Å². The number of hydrogen-bond donors (Lipinski definition) is 7. The molecule has 0 amide bonds. The molecule has 3 atom stereocenters. The van der Waals surface area contributed by atoms with Gasteiger partial charge in [-0.1, -0.05) is 78.3 Å². The van der Waals surface area contributed by atoms with Crippen molar-refractivity contribution in [3.05, 3.63) is 0 Å². The van der Waals surface area contributed by atoms with Crippen molar-refractivity contribution in [1.29, 1.82) is 0 Å². The van der Waals surface area contributed by atoms with Crippen LogP contribution in [0.25, 0.3) is 0 Å². The van der Waals surface area contributed by atoms with Crippen molar-refractivity contribution in [2.45, 2.75) is 66.3 Å². The minimum Gasteiger partial charge on any atom is -0.739 e. The zero-order valence-corrected chi connectivity index (χ0v) is 33.2. The van der Waals surface area contributed by atoms with Crippen LogP contribution in [0.4, 0.5) is 0 Å². The molecule has 23 heteroatoms. The second kappa shape index (κ2) is 45.0. The molecule has 0 bridgehead atoms. The fraction of sp³-hybridized carbons (Fsp3) is 1.00. The van der Waals surface area contributed by atoms with Gasteiger partial charge in [-0.3, -0.25) is 0 Å².